The predicted octanol–water partition coefficient (Wildman–Crippen LogP) is 4.37. The lowest BCUT2D eigenvalue weighted by atomic mass is 9.83. The fourth-order valence-electron chi connectivity index (χ4n) is 2.91. The lowest BCUT2D eigenvalue weighted by Gasteiger charge is -2.25. The minimum atomic E-state index is 0.175. The Hall–Kier alpha value is -0.730. The summed E-state index contributed by atoms with van der Waals surface area (Å²) in [5.74, 6) is 1.63. The van der Waals surface area contributed by atoms with Gasteiger partial charge in [-0.1, -0.05) is 30.9 Å². The van der Waals surface area contributed by atoms with Crippen LogP contribution >= 0.6 is 11.6 Å². The van der Waals surface area contributed by atoms with Gasteiger partial charge in [-0.2, -0.15) is 0 Å². The summed E-state index contributed by atoms with van der Waals surface area (Å²) >= 11 is 6.17. The summed E-state index contributed by atoms with van der Waals surface area (Å²) in [5, 5.41) is 3.96. The van der Waals surface area contributed by atoms with Crippen molar-refractivity contribution in [2.75, 3.05) is 13.6 Å². The van der Waals surface area contributed by atoms with E-state index in [9.17, 15) is 0 Å². The van der Waals surface area contributed by atoms with E-state index in [1.807, 2.05) is 19.2 Å². The van der Waals surface area contributed by atoms with Crippen molar-refractivity contribution < 1.29 is 4.74 Å². The second-order valence-electron chi connectivity index (χ2n) is 5.50. The van der Waals surface area contributed by atoms with Gasteiger partial charge in [0.15, 0.2) is 0 Å². The van der Waals surface area contributed by atoms with E-state index in [2.05, 4.69) is 18.3 Å². The van der Waals surface area contributed by atoms with Crippen molar-refractivity contribution in [2.45, 2.75) is 51.0 Å². The van der Waals surface area contributed by atoms with Crippen molar-refractivity contribution in [1.29, 1.82) is 0 Å². The lowest BCUT2D eigenvalue weighted by Crippen LogP contribution is -2.26. The Labute approximate surface area is 121 Å². The topological polar surface area (TPSA) is 21.3 Å². The van der Waals surface area contributed by atoms with Crippen LogP contribution in [0.4, 0.5) is 0 Å². The number of hydrogen-bond donors (Lipinski definition) is 1. The summed E-state index contributed by atoms with van der Waals surface area (Å²) in [5.41, 5.74) is 1.30. The SMILES string of the molecule is CNCC(C)Oc1ccc(Cl)cc1C1CCCCC1. The standard InChI is InChI=1S/C16H24ClNO/c1-12(11-18-2)19-16-9-8-14(17)10-15(16)13-6-4-3-5-7-13/h8-10,12-13,18H,3-7,11H2,1-2H3. The van der Waals surface area contributed by atoms with Crippen LogP contribution in [0.2, 0.25) is 5.02 Å². The molecule has 0 aliphatic heterocycles. The van der Waals surface area contributed by atoms with Gasteiger partial charge in [0.2, 0.25) is 0 Å². The smallest absolute Gasteiger partial charge is 0.123 e. The van der Waals surface area contributed by atoms with Gasteiger partial charge in [0.1, 0.15) is 11.9 Å². The normalized spacial score (nSPS) is 18.3. The van der Waals surface area contributed by atoms with Crippen molar-refractivity contribution in [2.24, 2.45) is 0 Å². The van der Waals surface area contributed by atoms with Gasteiger partial charge in [-0.25, -0.2) is 0 Å². The molecule has 1 aliphatic rings. The number of benzene rings is 1. The molecule has 106 valence electrons. The Balaban J connectivity index is 2.16. The molecule has 2 rings (SSSR count). The van der Waals surface area contributed by atoms with Gasteiger partial charge in [-0.05, 0) is 56.5 Å². The molecule has 1 atom stereocenters. The molecule has 2 nitrogen and oxygen atoms in total. The van der Waals surface area contributed by atoms with E-state index in [-0.39, 0.29) is 6.10 Å². The summed E-state index contributed by atoms with van der Waals surface area (Å²) in [6.07, 6.45) is 6.71. The van der Waals surface area contributed by atoms with Crippen LogP contribution in [-0.4, -0.2) is 19.7 Å². The maximum atomic E-state index is 6.17. The molecule has 0 bridgehead atoms. The van der Waals surface area contributed by atoms with Crippen LogP contribution < -0.4 is 10.1 Å². The zero-order valence-corrected chi connectivity index (χ0v) is 12.7. The van der Waals surface area contributed by atoms with Crippen molar-refractivity contribution in [3.8, 4) is 5.75 Å². The monoisotopic (exact) mass is 281 g/mol. The largest absolute Gasteiger partial charge is 0.489 e. The molecule has 1 fully saturated rings. The molecule has 0 radical (unpaired) electrons. The van der Waals surface area contributed by atoms with E-state index in [0.29, 0.717) is 5.92 Å². The summed E-state index contributed by atoms with van der Waals surface area (Å²) < 4.78 is 6.07. The predicted molar refractivity (Wildman–Crippen MR) is 81.3 cm³/mol. The molecule has 0 aromatic heterocycles. The molecule has 19 heavy (non-hydrogen) atoms. The first-order chi connectivity index (χ1) is 9.20. The summed E-state index contributed by atoms with van der Waals surface area (Å²) in [6, 6.07) is 6.05. The highest BCUT2D eigenvalue weighted by Gasteiger charge is 2.20. The quantitative estimate of drug-likeness (QED) is 0.865. The molecule has 1 aromatic carbocycles. The molecule has 1 saturated carbocycles. The Morgan fingerprint density at radius 2 is 2.05 bits per heavy atom. The maximum absolute atomic E-state index is 6.17. The number of likely N-dealkylation sites (N-methyl/N-ethyl adjacent to an activating group) is 1. The summed E-state index contributed by atoms with van der Waals surface area (Å²) in [4.78, 5) is 0. The second kappa shape index (κ2) is 7.16. The van der Waals surface area contributed by atoms with E-state index in [1.165, 1.54) is 37.7 Å². The fraction of sp³-hybridized carbons (Fsp3) is 0.625. The average Bonchev–Trinajstić information content (AvgIpc) is 2.42. The highest BCUT2D eigenvalue weighted by molar-refractivity contribution is 6.30. The molecule has 0 spiro atoms. The molecule has 0 heterocycles. The molecule has 0 saturated heterocycles. The Kier molecular flexibility index (Phi) is 5.53. The van der Waals surface area contributed by atoms with Crippen molar-refractivity contribution in [1.82, 2.24) is 5.32 Å². The van der Waals surface area contributed by atoms with Gasteiger partial charge in [-0.15, -0.1) is 0 Å². The second-order valence-corrected chi connectivity index (χ2v) is 5.94. The van der Waals surface area contributed by atoms with E-state index in [4.69, 9.17) is 16.3 Å². The number of nitrogens with one attached hydrogen (secondary N) is 1. The molecule has 0 amide bonds. The molecule has 1 aliphatic carbocycles. The van der Waals surface area contributed by atoms with E-state index in [0.717, 1.165) is 17.3 Å². The molecule has 1 aromatic rings. The van der Waals surface area contributed by atoms with Crippen LogP contribution in [0.15, 0.2) is 18.2 Å². The lowest BCUT2D eigenvalue weighted by molar-refractivity contribution is 0.216. The van der Waals surface area contributed by atoms with Gasteiger partial charge in [0.25, 0.3) is 0 Å². The maximum Gasteiger partial charge on any atom is 0.123 e. The van der Waals surface area contributed by atoms with Gasteiger partial charge < -0.3 is 10.1 Å². The Bertz CT molecular complexity index is 402. The van der Waals surface area contributed by atoms with Crippen LogP contribution in [0.3, 0.4) is 0 Å². The Morgan fingerprint density at radius 3 is 2.74 bits per heavy atom. The minimum Gasteiger partial charge on any atom is -0.489 e. The van der Waals surface area contributed by atoms with Gasteiger partial charge in [0, 0.05) is 11.6 Å². The van der Waals surface area contributed by atoms with E-state index in [1.54, 1.807) is 0 Å². The first kappa shape index (κ1) is 14.7. The first-order valence-electron chi connectivity index (χ1n) is 7.31. The van der Waals surface area contributed by atoms with Crippen LogP contribution in [0.25, 0.3) is 0 Å². The number of hydrogen-bond acceptors (Lipinski definition) is 2. The molecular formula is C16H24ClNO. The number of halogens is 1. The van der Waals surface area contributed by atoms with Crippen molar-refractivity contribution >= 4 is 11.6 Å². The zero-order chi connectivity index (χ0) is 13.7. The Morgan fingerprint density at radius 1 is 1.32 bits per heavy atom. The van der Waals surface area contributed by atoms with Crippen LogP contribution in [0.1, 0.15) is 50.5 Å². The van der Waals surface area contributed by atoms with Crippen molar-refractivity contribution in [3.63, 3.8) is 0 Å². The summed E-state index contributed by atoms with van der Waals surface area (Å²) in [6.45, 7) is 2.95. The highest BCUT2D eigenvalue weighted by atomic mass is 35.5. The molecule has 3 heteroatoms. The third-order valence-electron chi connectivity index (χ3n) is 3.84. The molecule has 1 N–H and O–H groups in total. The van der Waals surface area contributed by atoms with Crippen LogP contribution in [0, 0.1) is 0 Å². The van der Waals surface area contributed by atoms with Gasteiger partial charge >= 0.3 is 0 Å². The first-order valence-corrected chi connectivity index (χ1v) is 7.69. The van der Waals surface area contributed by atoms with Crippen LogP contribution in [-0.2, 0) is 0 Å². The molecular weight excluding hydrogens is 258 g/mol. The third-order valence-corrected chi connectivity index (χ3v) is 4.07. The van der Waals surface area contributed by atoms with Gasteiger partial charge in [0.05, 0.1) is 0 Å². The molecule has 1 unspecified atom stereocenters. The van der Waals surface area contributed by atoms with E-state index < -0.39 is 0 Å². The number of ether oxygens (including phenoxy) is 1. The van der Waals surface area contributed by atoms with Gasteiger partial charge in [-0.3, -0.25) is 0 Å². The fourth-order valence-corrected chi connectivity index (χ4v) is 3.09. The van der Waals surface area contributed by atoms with E-state index >= 15 is 0 Å². The minimum absolute atomic E-state index is 0.175. The third kappa shape index (κ3) is 4.12. The summed E-state index contributed by atoms with van der Waals surface area (Å²) in [7, 11) is 1.95. The average molecular weight is 282 g/mol. The highest BCUT2D eigenvalue weighted by Crippen LogP contribution is 2.39. The number of rotatable bonds is 5. The van der Waals surface area contributed by atoms with Crippen LogP contribution in [0.5, 0.6) is 5.75 Å². The zero-order valence-electron chi connectivity index (χ0n) is 11.9. The van der Waals surface area contributed by atoms with Crippen molar-refractivity contribution in [3.05, 3.63) is 28.8 Å².